The summed E-state index contributed by atoms with van der Waals surface area (Å²) in [7, 11) is 1.73. The number of hydrogen-bond donors (Lipinski definition) is 0. The lowest BCUT2D eigenvalue weighted by Crippen LogP contribution is -2.19. The van der Waals surface area contributed by atoms with Crippen molar-refractivity contribution in [2.45, 2.75) is 6.61 Å². The van der Waals surface area contributed by atoms with E-state index in [1.165, 1.54) is 4.57 Å². The molecule has 0 fully saturated rings. The largest absolute Gasteiger partial charge is 0.488 e. The Hall–Kier alpha value is -1.30. The second-order valence-electron chi connectivity index (χ2n) is 3.68. The summed E-state index contributed by atoms with van der Waals surface area (Å²) < 4.78 is 7.79. The third kappa shape index (κ3) is 2.88. The Bertz CT molecular complexity index is 563. The maximum Gasteiger partial charge on any atom is 0.267 e. The van der Waals surface area contributed by atoms with Crippen LogP contribution in [0.4, 0.5) is 0 Å². The highest BCUT2D eigenvalue weighted by Gasteiger charge is 2.06. The van der Waals surface area contributed by atoms with Crippen LogP contribution in [0.2, 0.25) is 0 Å². The molecule has 1 aromatic carbocycles. The van der Waals surface area contributed by atoms with E-state index in [4.69, 9.17) is 4.74 Å². The fourth-order valence-corrected chi connectivity index (χ4v) is 2.14. The molecule has 0 saturated carbocycles. The first-order valence-corrected chi connectivity index (χ1v) is 6.28. The van der Waals surface area contributed by atoms with E-state index in [1.54, 1.807) is 13.2 Å². The zero-order valence-electron chi connectivity index (χ0n) is 9.39. The second kappa shape index (κ2) is 5.35. The van der Waals surface area contributed by atoms with E-state index in [1.807, 2.05) is 59.0 Å². The summed E-state index contributed by atoms with van der Waals surface area (Å²) in [6.45, 7) is 0.476. The summed E-state index contributed by atoms with van der Waals surface area (Å²) >= 11 is 2.01. The monoisotopic (exact) mass is 341 g/mol. The second-order valence-corrected chi connectivity index (χ2v) is 4.76. The van der Waals surface area contributed by atoms with Gasteiger partial charge in [0.05, 0.1) is 0 Å². The van der Waals surface area contributed by atoms with Gasteiger partial charge in [-0.05, 0) is 34.2 Å². The van der Waals surface area contributed by atoms with Gasteiger partial charge in [-0.25, -0.2) is 0 Å². The molecular weight excluding hydrogens is 329 g/mol. The van der Waals surface area contributed by atoms with E-state index in [0.717, 1.165) is 5.56 Å². The van der Waals surface area contributed by atoms with E-state index >= 15 is 0 Å². The van der Waals surface area contributed by atoms with E-state index in [9.17, 15) is 4.79 Å². The van der Waals surface area contributed by atoms with Crippen LogP contribution in [0.25, 0.3) is 0 Å². The minimum atomic E-state index is -0.0313. The van der Waals surface area contributed by atoms with Crippen LogP contribution in [0, 0.1) is 3.57 Å². The lowest BCUT2D eigenvalue weighted by molar-refractivity contribution is 0.302. The van der Waals surface area contributed by atoms with Crippen molar-refractivity contribution in [2.75, 3.05) is 0 Å². The fourth-order valence-electron chi connectivity index (χ4n) is 1.43. The summed E-state index contributed by atoms with van der Waals surface area (Å²) in [5.41, 5.74) is 1.06. The highest BCUT2D eigenvalue weighted by Crippen LogP contribution is 2.17. The molecule has 2 aromatic rings. The smallest absolute Gasteiger partial charge is 0.267 e. The molecule has 0 unspecified atom stereocenters. The van der Waals surface area contributed by atoms with Gasteiger partial charge in [0.25, 0.3) is 5.56 Å². The summed E-state index contributed by atoms with van der Waals surface area (Å²) in [6.07, 6.45) is 1.71. The molecule has 1 aromatic heterocycles. The van der Waals surface area contributed by atoms with Gasteiger partial charge in [-0.1, -0.05) is 30.3 Å². The highest BCUT2D eigenvalue weighted by molar-refractivity contribution is 14.1. The molecular formula is C13H12INO2. The van der Waals surface area contributed by atoms with Gasteiger partial charge in [0.2, 0.25) is 0 Å². The van der Waals surface area contributed by atoms with Gasteiger partial charge >= 0.3 is 0 Å². The molecule has 0 radical (unpaired) electrons. The van der Waals surface area contributed by atoms with E-state index in [-0.39, 0.29) is 5.56 Å². The van der Waals surface area contributed by atoms with Crippen LogP contribution in [0.3, 0.4) is 0 Å². The van der Waals surface area contributed by atoms with Crippen LogP contribution in [-0.4, -0.2) is 4.57 Å². The summed E-state index contributed by atoms with van der Waals surface area (Å²) in [6, 6.07) is 11.7. The number of hydrogen-bond acceptors (Lipinski definition) is 2. The van der Waals surface area contributed by atoms with Crippen molar-refractivity contribution < 1.29 is 4.74 Å². The quantitative estimate of drug-likeness (QED) is 0.804. The Balaban J connectivity index is 2.15. The van der Waals surface area contributed by atoms with E-state index < -0.39 is 0 Å². The van der Waals surface area contributed by atoms with Crippen LogP contribution in [0.15, 0.2) is 47.4 Å². The lowest BCUT2D eigenvalue weighted by atomic mass is 10.2. The van der Waals surface area contributed by atoms with Crippen LogP contribution >= 0.6 is 22.6 Å². The van der Waals surface area contributed by atoms with Gasteiger partial charge in [-0.15, -0.1) is 0 Å². The molecule has 17 heavy (non-hydrogen) atoms. The molecule has 0 amide bonds. The Morgan fingerprint density at radius 3 is 2.65 bits per heavy atom. The van der Waals surface area contributed by atoms with Crippen molar-refractivity contribution in [2.24, 2.45) is 7.05 Å². The van der Waals surface area contributed by atoms with Gasteiger partial charge in [0, 0.05) is 13.2 Å². The topological polar surface area (TPSA) is 31.2 Å². The van der Waals surface area contributed by atoms with Crippen molar-refractivity contribution >= 4 is 22.6 Å². The number of aromatic nitrogens is 1. The number of aryl methyl sites for hydroxylation is 1. The van der Waals surface area contributed by atoms with Crippen molar-refractivity contribution in [3.8, 4) is 5.75 Å². The molecule has 0 N–H and O–H groups in total. The standard InChI is InChI=1S/C13H12INO2/c1-15-8-7-11(12(14)13(15)16)17-9-10-5-3-2-4-6-10/h2-8H,9H2,1H3. The molecule has 3 nitrogen and oxygen atoms in total. The van der Waals surface area contributed by atoms with Crippen LogP contribution in [0.1, 0.15) is 5.56 Å². The molecule has 0 atom stereocenters. The first-order valence-electron chi connectivity index (χ1n) is 5.20. The van der Waals surface area contributed by atoms with Gasteiger partial charge < -0.3 is 9.30 Å². The number of rotatable bonds is 3. The minimum Gasteiger partial charge on any atom is -0.488 e. The average Bonchev–Trinajstić information content (AvgIpc) is 2.36. The third-order valence-electron chi connectivity index (χ3n) is 2.41. The SMILES string of the molecule is Cn1ccc(OCc2ccccc2)c(I)c1=O. The molecule has 0 aliphatic heterocycles. The van der Waals surface area contributed by atoms with Crippen LogP contribution < -0.4 is 10.3 Å². The number of halogens is 1. The Morgan fingerprint density at radius 2 is 1.94 bits per heavy atom. The predicted molar refractivity (Wildman–Crippen MR) is 75.2 cm³/mol. The van der Waals surface area contributed by atoms with Crippen molar-refractivity contribution in [1.29, 1.82) is 0 Å². The van der Waals surface area contributed by atoms with Gasteiger partial charge in [0.15, 0.2) is 0 Å². The minimum absolute atomic E-state index is 0.0313. The molecule has 0 aliphatic rings. The predicted octanol–water partition coefficient (Wildman–Crippen LogP) is 2.57. The molecule has 1 heterocycles. The molecule has 0 saturated heterocycles. The average molecular weight is 341 g/mol. The summed E-state index contributed by atoms with van der Waals surface area (Å²) in [5.74, 6) is 0.637. The maximum absolute atomic E-state index is 11.7. The van der Waals surface area contributed by atoms with Gasteiger partial charge in [0.1, 0.15) is 15.9 Å². The fraction of sp³-hybridized carbons (Fsp3) is 0.154. The highest BCUT2D eigenvalue weighted by atomic mass is 127. The molecule has 0 spiro atoms. The molecule has 0 bridgehead atoms. The Kier molecular flexibility index (Phi) is 3.83. The number of nitrogens with zero attached hydrogens (tertiary/aromatic N) is 1. The number of benzene rings is 1. The zero-order chi connectivity index (χ0) is 12.3. The zero-order valence-corrected chi connectivity index (χ0v) is 11.5. The molecule has 2 rings (SSSR count). The van der Waals surface area contributed by atoms with Crippen LogP contribution in [0.5, 0.6) is 5.75 Å². The third-order valence-corrected chi connectivity index (χ3v) is 3.40. The Morgan fingerprint density at radius 1 is 1.24 bits per heavy atom. The van der Waals surface area contributed by atoms with E-state index in [2.05, 4.69) is 0 Å². The summed E-state index contributed by atoms with van der Waals surface area (Å²) in [4.78, 5) is 11.7. The molecule has 88 valence electrons. The normalized spacial score (nSPS) is 10.2. The van der Waals surface area contributed by atoms with E-state index in [0.29, 0.717) is 15.9 Å². The maximum atomic E-state index is 11.7. The first kappa shape index (κ1) is 12.2. The number of pyridine rings is 1. The van der Waals surface area contributed by atoms with Crippen molar-refractivity contribution in [3.05, 3.63) is 62.1 Å². The van der Waals surface area contributed by atoms with Gasteiger partial charge in [-0.2, -0.15) is 0 Å². The van der Waals surface area contributed by atoms with Gasteiger partial charge in [-0.3, -0.25) is 4.79 Å². The first-order chi connectivity index (χ1) is 8.18. The molecule has 0 aliphatic carbocycles. The van der Waals surface area contributed by atoms with Crippen molar-refractivity contribution in [3.63, 3.8) is 0 Å². The van der Waals surface area contributed by atoms with Crippen molar-refractivity contribution in [1.82, 2.24) is 4.57 Å². The Labute approximate surface area is 113 Å². The lowest BCUT2D eigenvalue weighted by Gasteiger charge is -2.08. The number of ether oxygens (including phenoxy) is 1. The molecule has 4 heteroatoms. The van der Waals surface area contributed by atoms with Crippen LogP contribution in [-0.2, 0) is 13.7 Å². The summed E-state index contributed by atoms with van der Waals surface area (Å²) in [5, 5.41) is 0.